The van der Waals surface area contributed by atoms with Crippen LogP contribution in [0, 0.1) is 0 Å². The van der Waals surface area contributed by atoms with E-state index in [1.807, 2.05) is 0 Å². The maximum atomic E-state index is 11.3. The zero-order valence-corrected chi connectivity index (χ0v) is 12.2. The molecule has 1 atom stereocenters. The van der Waals surface area contributed by atoms with Gasteiger partial charge in [-0.05, 0) is 6.42 Å². The van der Waals surface area contributed by atoms with E-state index in [2.05, 4.69) is 17.6 Å². The lowest BCUT2D eigenvalue weighted by atomic mass is 10.0. The Morgan fingerprint density at radius 2 is 1.37 bits per heavy atom. The molecule has 1 heterocycles. The Kier molecular flexibility index (Phi) is 8.26. The van der Waals surface area contributed by atoms with Gasteiger partial charge in [-0.3, -0.25) is 10.1 Å². The standard InChI is InChI=1S/C15H28N2O2/c1-2-3-4-5-6-7-8-9-10-11-12-13-14(18)17-15(19)16-13/h13H,2-12H2,1H3,(H2,16,17,18,19). The number of rotatable bonds is 11. The van der Waals surface area contributed by atoms with Crippen LogP contribution in [0.5, 0.6) is 0 Å². The number of imide groups is 1. The first-order valence-corrected chi connectivity index (χ1v) is 7.85. The summed E-state index contributed by atoms with van der Waals surface area (Å²) in [7, 11) is 0. The molecule has 1 saturated heterocycles. The van der Waals surface area contributed by atoms with Gasteiger partial charge in [0.2, 0.25) is 0 Å². The lowest BCUT2D eigenvalue weighted by Crippen LogP contribution is -2.28. The summed E-state index contributed by atoms with van der Waals surface area (Å²) in [5.74, 6) is -0.166. The van der Waals surface area contributed by atoms with Crippen LogP contribution in [0.2, 0.25) is 0 Å². The Morgan fingerprint density at radius 3 is 1.84 bits per heavy atom. The zero-order valence-electron chi connectivity index (χ0n) is 12.2. The van der Waals surface area contributed by atoms with Gasteiger partial charge in [0.15, 0.2) is 0 Å². The first-order chi connectivity index (χ1) is 9.24. The third kappa shape index (κ3) is 7.19. The molecule has 0 spiro atoms. The van der Waals surface area contributed by atoms with Crippen LogP contribution in [0.1, 0.15) is 77.6 Å². The van der Waals surface area contributed by atoms with Gasteiger partial charge in [-0.2, -0.15) is 0 Å². The second-order valence-corrected chi connectivity index (χ2v) is 5.49. The van der Waals surface area contributed by atoms with E-state index in [0.717, 1.165) is 19.3 Å². The van der Waals surface area contributed by atoms with Crippen molar-refractivity contribution in [2.75, 3.05) is 0 Å². The molecule has 0 aliphatic carbocycles. The van der Waals surface area contributed by atoms with Crippen molar-refractivity contribution in [3.63, 3.8) is 0 Å². The van der Waals surface area contributed by atoms with Gasteiger partial charge >= 0.3 is 6.03 Å². The summed E-state index contributed by atoms with van der Waals surface area (Å²) >= 11 is 0. The van der Waals surface area contributed by atoms with Gasteiger partial charge in [-0.25, -0.2) is 4.79 Å². The van der Waals surface area contributed by atoms with Crippen LogP contribution in [0.4, 0.5) is 4.79 Å². The van der Waals surface area contributed by atoms with E-state index in [1.54, 1.807) is 0 Å². The normalized spacial score (nSPS) is 18.5. The fourth-order valence-corrected chi connectivity index (χ4v) is 2.50. The molecule has 1 rings (SSSR count). The van der Waals surface area contributed by atoms with E-state index in [4.69, 9.17) is 0 Å². The second-order valence-electron chi connectivity index (χ2n) is 5.49. The number of hydrogen-bond acceptors (Lipinski definition) is 2. The third-order valence-electron chi connectivity index (χ3n) is 3.70. The fraction of sp³-hybridized carbons (Fsp3) is 0.867. The molecule has 4 nitrogen and oxygen atoms in total. The van der Waals surface area contributed by atoms with Crippen LogP contribution >= 0.6 is 0 Å². The predicted molar refractivity (Wildman–Crippen MR) is 76.9 cm³/mol. The van der Waals surface area contributed by atoms with Crippen LogP contribution in [-0.2, 0) is 4.79 Å². The summed E-state index contributed by atoms with van der Waals surface area (Å²) in [6.45, 7) is 2.24. The molecule has 4 heteroatoms. The average molecular weight is 268 g/mol. The Balaban J connectivity index is 1.84. The Morgan fingerprint density at radius 1 is 0.842 bits per heavy atom. The second kappa shape index (κ2) is 9.82. The molecule has 0 aromatic heterocycles. The quantitative estimate of drug-likeness (QED) is 0.445. The lowest BCUT2D eigenvalue weighted by molar-refractivity contribution is -0.120. The molecule has 3 amide bonds. The molecule has 0 bridgehead atoms. The smallest absolute Gasteiger partial charge is 0.322 e. The first kappa shape index (κ1) is 16.0. The minimum Gasteiger partial charge on any atom is -0.326 e. The highest BCUT2D eigenvalue weighted by Gasteiger charge is 2.28. The topological polar surface area (TPSA) is 58.2 Å². The molecular formula is C15H28N2O2. The van der Waals surface area contributed by atoms with Gasteiger partial charge in [0.05, 0.1) is 0 Å². The van der Waals surface area contributed by atoms with Gasteiger partial charge in [-0.1, -0.05) is 71.1 Å². The maximum Gasteiger partial charge on any atom is 0.322 e. The predicted octanol–water partition coefficient (Wildman–Crippen LogP) is 3.51. The molecule has 19 heavy (non-hydrogen) atoms. The minimum atomic E-state index is -0.345. The molecule has 0 saturated carbocycles. The minimum absolute atomic E-state index is 0.166. The lowest BCUT2D eigenvalue weighted by Gasteiger charge is -2.06. The molecule has 1 aliphatic heterocycles. The molecule has 110 valence electrons. The van der Waals surface area contributed by atoms with E-state index < -0.39 is 0 Å². The van der Waals surface area contributed by atoms with Crippen molar-refractivity contribution in [1.82, 2.24) is 10.6 Å². The van der Waals surface area contributed by atoms with Crippen molar-refractivity contribution in [3.05, 3.63) is 0 Å². The molecule has 1 fully saturated rings. The number of hydrogen-bond donors (Lipinski definition) is 2. The van der Waals surface area contributed by atoms with E-state index in [0.29, 0.717) is 0 Å². The number of nitrogens with one attached hydrogen (secondary N) is 2. The summed E-state index contributed by atoms with van der Waals surface area (Å²) < 4.78 is 0. The van der Waals surface area contributed by atoms with E-state index in [9.17, 15) is 9.59 Å². The molecule has 0 radical (unpaired) electrons. The largest absolute Gasteiger partial charge is 0.326 e. The molecule has 1 aliphatic rings. The van der Waals surface area contributed by atoms with E-state index in [1.165, 1.54) is 51.4 Å². The van der Waals surface area contributed by atoms with Crippen LogP contribution in [0.15, 0.2) is 0 Å². The molecule has 1 unspecified atom stereocenters. The maximum absolute atomic E-state index is 11.3. The van der Waals surface area contributed by atoms with Crippen LogP contribution in [0.3, 0.4) is 0 Å². The number of carbonyl (C=O) groups excluding carboxylic acids is 2. The summed E-state index contributed by atoms with van der Waals surface area (Å²) in [6.07, 6.45) is 13.6. The Hall–Kier alpha value is -1.06. The Bertz CT molecular complexity index is 279. The number of amides is 3. The molecule has 2 N–H and O–H groups in total. The third-order valence-corrected chi connectivity index (χ3v) is 3.70. The van der Waals surface area contributed by atoms with Gasteiger partial charge in [0.1, 0.15) is 6.04 Å². The van der Waals surface area contributed by atoms with Crippen LogP contribution in [0.25, 0.3) is 0 Å². The van der Waals surface area contributed by atoms with Crippen LogP contribution < -0.4 is 10.6 Å². The van der Waals surface area contributed by atoms with Crippen molar-refractivity contribution in [1.29, 1.82) is 0 Å². The van der Waals surface area contributed by atoms with Crippen molar-refractivity contribution >= 4 is 11.9 Å². The molecule has 0 aromatic carbocycles. The van der Waals surface area contributed by atoms with Gasteiger partial charge in [0.25, 0.3) is 5.91 Å². The summed E-state index contributed by atoms with van der Waals surface area (Å²) in [5.41, 5.74) is 0. The van der Waals surface area contributed by atoms with Crippen molar-refractivity contribution < 1.29 is 9.59 Å². The zero-order chi connectivity index (χ0) is 13.9. The van der Waals surface area contributed by atoms with Gasteiger partial charge in [0, 0.05) is 0 Å². The number of carbonyl (C=O) groups is 2. The van der Waals surface area contributed by atoms with Crippen molar-refractivity contribution in [2.45, 2.75) is 83.6 Å². The van der Waals surface area contributed by atoms with Gasteiger partial charge in [-0.15, -0.1) is 0 Å². The number of urea groups is 1. The van der Waals surface area contributed by atoms with Crippen LogP contribution in [-0.4, -0.2) is 18.0 Å². The molecular weight excluding hydrogens is 240 g/mol. The SMILES string of the molecule is CCCCCCCCCCCCC1NC(=O)NC1=O. The van der Waals surface area contributed by atoms with Crippen molar-refractivity contribution in [2.24, 2.45) is 0 Å². The number of unbranched alkanes of at least 4 members (excludes halogenated alkanes) is 9. The Labute approximate surface area is 116 Å². The summed E-state index contributed by atoms with van der Waals surface area (Å²) in [4.78, 5) is 22.2. The van der Waals surface area contributed by atoms with Crippen molar-refractivity contribution in [3.8, 4) is 0 Å². The molecule has 0 aromatic rings. The summed E-state index contributed by atoms with van der Waals surface area (Å²) in [6, 6.07) is -0.636. The summed E-state index contributed by atoms with van der Waals surface area (Å²) in [5, 5.41) is 4.90. The highest BCUT2D eigenvalue weighted by molar-refractivity contribution is 6.04. The van der Waals surface area contributed by atoms with Gasteiger partial charge < -0.3 is 5.32 Å². The van der Waals surface area contributed by atoms with E-state index >= 15 is 0 Å². The average Bonchev–Trinajstić information content (AvgIpc) is 2.70. The highest BCUT2D eigenvalue weighted by atomic mass is 16.2. The fourth-order valence-electron chi connectivity index (χ4n) is 2.50. The van der Waals surface area contributed by atoms with E-state index in [-0.39, 0.29) is 18.0 Å². The monoisotopic (exact) mass is 268 g/mol. The first-order valence-electron chi connectivity index (χ1n) is 7.85. The highest BCUT2D eigenvalue weighted by Crippen LogP contribution is 2.12.